The van der Waals surface area contributed by atoms with Crippen LogP contribution >= 0.6 is 0 Å². The maximum absolute atomic E-state index is 12.9. The Labute approximate surface area is 192 Å². The molecule has 0 aliphatic carbocycles. The van der Waals surface area contributed by atoms with E-state index in [1.165, 1.54) is 0 Å². The third-order valence-electron chi connectivity index (χ3n) is 5.91. The molecule has 0 radical (unpaired) electrons. The number of fused-ring (bicyclic) bond motifs is 1. The zero-order valence-electron chi connectivity index (χ0n) is 19.1. The van der Waals surface area contributed by atoms with Crippen molar-refractivity contribution in [3.63, 3.8) is 0 Å². The van der Waals surface area contributed by atoms with Gasteiger partial charge in [0.05, 0.1) is 12.6 Å². The molecule has 4 aromatic rings. The largest absolute Gasteiger partial charge is 0.396 e. The molecule has 0 bridgehead atoms. The van der Waals surface area contributed by atoms with Crippen LogP contribution in [0.2, 0.25) is 0 Å². The van der Waals surface area contributed by atoms with Crippen LogP contribution in [0.25, 0.3) is 10.9 Å². The van der Waals surface area contributed by atoms with Crippen LogP contribution in [0, 0.1) is 6.92 Å². The fourth-order valence-electron chi connectivity index (χ4n) is 4.25. The van der Waals surface area contributed by atoms with Crippen LogP contribution in [-0.2, 0) is 13.1 Å². The van der Waals surface area contributed by atoms with Crippen molar-refractivity contribution in [1.82, 2.24) is 30.1 Å². The van der Waals surface area contributed by atoms with Crippen LogP contribution in [0.15, 0.2) is 59.4 Å². The van der Waals surface area contributed by atoms with Crippen molar-refractivity contribution in [2.75, 3.05) is 13.2 Å². The summed E-state index contributed by atoms with van der Waals surface area (Å²) in [5.41, 5.74) is 3.68. The van der Waals surface area contributed by atoms with E-state index in [1.54, 1.807) is 0 Å². The second kappa shape index (κ2) is 10.5. The molecule has 33 heavy (non-hydrogen) atoms. The van der Waals surface area contributed by atoms with Crippen LogP contribution in [0.5, 0.6) is 0 Å². The van der Waals surface area contributed by atoms with Crippen molar-refractivity contribution < 1.29 is 5.11 Å². The maximum Gasteiger partial charge on any atom is 0.252 e. The number of aromatic nitrogens is 5. The Bertz CT molecular complexity index is 1250. The molecule has 8 heteroatoms. The number of rotatable bonds is 10. The molecule has 0 aliphatic rings. The Balaban J connectivity index is 1.66. The van der Waals surface area contributed by atoms with Crippen LogP contribution in [0.1, 0.15) is 48.3 Å². The molecule has 0 aliphatic heterocycles. The molecule has 0 unspecified atom stereocenters. The number of nitrogens with one attached hydrogen (secondary N) is 1. The lowest BCUT2D eigenvalue weighted by molar-refractivity contribution is 0.152. The molecule has 0 fully saturated rings. The second-order valence-corrected chi connectivity index (χ2v) is 8.37. The number of aromatic amines is 1. The van der Waals surface area contributed by atoms with Gasteiger partial charge >= 0.3 is 0 Å². The average molecular weight is 447 g/mol. The summed E-state index contributed by atoms with van der Waals surface area (Å²) in [6.45, 7) is 5.84. The molecule has 8 nitrogen and oxygen atoms in total. The number of H-pyrrole nitrogens is 1. The Morgan fingerprint density at radius 3 is 2.73 bits per heavy atom. The normalized spacial score (nSPS) is 12.5. The highest BCUT2D eigenvalue weighted by Crippen LogP contribution is 2.25. The number of nitrogens with zero attached hydrogens (tertiary/aromatic N) is 5. The van der Waals surface area contributed by atoms with Crippen molar-refractivity contribution in [2.24, 2.45) is 0 Å². The van der Waals surface area contributed by atoms with Gasteiger partial charge in [0.15, 0.2) is 5.82 Å². The fourth-order valence-corrected chi connectivity index (χ4v) is 4.25. The summed E-state index contributed by atoms with van der Waals surface area (Å²) in [7, 11) is 0. The first-order valence-electron chi connectivity index (χ1n) is 11.4. The van der Waals surface area contributed by atoms with Gasteiger partial charge in [-0.3, -0.25) is 9.69 Å². The second-order valence-electron chi connectivity index (χ2n) is 8.37. The van der Waals surface area contributed by atoms with E-state index in [9.17, 15) is 9.90 Å². The van der Waals surface area contributed by atoms with Gasteiger partial charge in [-0.2, -0.15) is 0 Å². The summed E-state index contributed by atoms with van der Waals surface area (Å²) in [6.07, 6.45) is 1.37. The van der Waals surface area contributed by atoms with E-state index in [1.807, 2.05) is 60.1 Å². The van der Waals surface area contributed by atoms with Gasteiger partial charge in [-0.05, 0) is 59.3 Å². The van der Waals surface area contributed by atoms with Gasteiger partial charge in [0, 0.05) is 30.8 Å². The molecule has 0 saturated carbocycles. The topological polar surface area (TPSA) is 99.9 Å². The van der Waals surface area contributed by atoms with Gasteiger partial charge in [-0.1, -0.05) is 48.9 Å². The Hall–Kier alpha value is -3.36. The summed E-state index contributed by atoms with van der Waals surface area (Å²) >= 11 is 0. The molecule has 2 aromatic carbocycles. The van der Waals surface area contributed by atoms with Gasteiger partial charge in [0.25, 0.3) is 5.56 Å². The lowest BCUT2D eigenvalue weighted by Crippen LogP contribution is -2.34. The van der Waals surface area contributed by atoms with Gasteiger partial charge < -0.3 is 10.1 Å². The third-order valence-corrected chi connectivity index (χ3v) is 5.91. The van der Waals surface area contributed by atoms with Crippen molar-refractivity contribution in [1.29, 1.82) is 0 Å². The lowest BCUT2D eigenvalue weighted by atomic mass is 10.1. The van der Waals surface area contributed by atoms with Gasteiger partial charge in [-0.15, -0.1) is 5.10 Å². The lowest BCUT2D eigenvalue weighted by Gasteiger charge is -2.30. The van der Waals surface area contributed by atoms with Crippen molar-refractivity contribution in [3.05, 3.63) is 87.5 Å². The standard InChI is InChI=1S/C25H30N6O2/c1-3-23(24-27-28-29-31(24)16-19-8-5-4-6-9-19)30(12-7-13-32)17-21-15-20-14-18(2)10-11-22(20)26-25(21)33/h4-6,8-11,14-15,23,32H,3,7,12-13,16-17H2,1-2H3,(H,26,33)/t23-/m0/s1. The molecule has 2 heterocycles. The SMILES string of the molecule is CC[C@@H](c1nnnn1Cc1ccccc1)N(CCCO)Cc1cc2cc(C)ccc2[nH]c1=O. The molecule has 4 rings (SSSR count). The van der Waals surface area contributed by atoms with Crippen LogP contribution in [0.3, 0.4) is 0 Å². The fraction of sp³-hybridized carbons (Fsp3) is 0.360. The monoisotopic (exact) mass is 446 g/mol. The molecule has 1 atom stereocenters. The summed E-state index contributed by atoms with van der Waals surface area (Å²) in [4.78, 5) is 18.1. The zero-order chi connectivity index (χ0) is 23.2. The van der Waals surface area contributed by atoms with Gasteiger partial charge in [-0.25, -0.2) is 4.68 Å². The first-order valence-corrected chi connectivity index (χ1v) is 11.4. The minimum absolute atomic E-state index is 0.0785. The molecule has 0 amide bonds. The number of aliphatic hydroxyl groups is 1. The first kappa shape index (κ1) is 22.8. The van der Waals surface area contributed by atoms with E-state index in [0.717, 1.165) is 34.3 Å². The predicted octanol–water partition coefficient (Wildman–Crippen LogP) is 3.21. The minimum Gasteiger partial charge on any atom is -0.396 e. The Morgan fingerprint density at radius 2 is 1.97 bits per heavy atom. The first-order chi connectivity index (χ1) is 16.1. The Kier molecular flexibility index (Phi) is 7.26. The maximum atomic E-state index is 12.9. The van der Waals surface area contributed by atoms with E-state index in [-0.39, 0.29) is 18.2 Å². The number of tetrazole rings is 1. The van der Waals surface area contributed by atoms with Crippen LogP contribution in [0.4, 0.5) is 0 Å². The predicted molar refractivity (Wildman–Crippen MR) is 128 cm³/mol. The molecule has 2 N–H and O–H groups in total. The summed E-state index contributed by atoms with van der Waals surface area (Å²) in [5.74, 6) is 0.757. The van der Waals surface area contributed by atoms with E-state index in [2.05, 4.69) is 38.4 Å². The summed E-state index contributed by atoms with van der Waals surface area (Å²) in [6, 6.07) is 17.9. The number of hydrogen-bond acceptors (Lipinski definition) is 6. The minimum atomic E-state index is -0.0981. The molecule has 172 valence electrons. The highest BCUT2D eigenvalue weighted by Gasteiger charge is 2.25. The summed E-state index contributed by atoms with van der Waals surface area (Å²) < 4.78 is 1.82. The Morgan fingerprint density at radius 1 is 1.15 bits per heavy atom. The van der Waals surface area contributed by atoms with Crippen molar-refractivity contribution in [3.8, 4) is 0 Å². The van der Waals surface area contributed by atoms with Crippen molar-refractivity contribution >= 4 is 10.9 Å². The molecule has 2 aromatic heterocycles. The van der Waals surface area contributed by atoms with Crippen LogP contribution < -0.4 is 5.56 Å². The van der Waals surface area contributed by atoms with E-state index in [0.29, 0.717) is 31.6 Å². The van der Waals surface area contributed by atoms with E-state index >= 15 is 0 Å². The number of benzene rings is 2. The van der Waals surface area contributed by atoms with E-state index in [4.69, 9.17) is 0 Å². The number of hydrogen-bond donors (Lipinski definition) is 2. The quantitative estimate of drug-likeness (QED) is 0.388. The van der Waals surface area contributed by atoms with Gasteiger partial charge in [0.2, 0.25) is 0 Å². The number of aliphatic hydroxyl groups excluding tert-OH is 1. The molecule has 0 saturated heterocycles. The number of pyridine rings is 1. The van der Waals surface area contributed by atoms with Gasteiger partial charge in [0.1, 0.15) is 0 Å². The van der Waals surface area contributed by atoms with E-state index < -0.39 is 0 Å². The highest BCUT2D eigenvalue weighted by atomic mass is 16.3. The molecular weight excluding hydrogens is 416 g/mol. The average Bonchev–Trinajstić information content (AvgIpc) is 3.26. The van der Waals surface area contributed by atoms with Crippen molar-refractivity contribution in [2.45, 2.75) is 45.8 Å². The third kappa shape index (κ3) is 5.35. The smallest absolute Gasteiger partial charge is 0.252 e. The molecule has 0 spiro atoms. The highest BCUT2D eigenvalue weighted by molar-refractivity contribution is 5.79. The number of aryl methyl sites for hydroxylation is 1. The zero-order valence-corrected chi connectivity index (χ0v) is 19.1. The van der Waals surface area contributed by atoms with Crippen LogP contribution in [-0.4, -0.2) is 48.3 Å². The summed E-state index contributed by atoms with van der Waals surface area (Å²) in [5, 5.41) is 23.0. The molecular formula is C25H30N6O2.